The molecule has 0 aliphatic rings. The van der Waals surface area contributed by atoms with Crippen molar-refractivity contribution in [2.75, 3.05) is 21.3 Å². The Labute approximate surface area is 136 Å². The molecule has 0 aromatic heterocycles. The van der Waals surface area contributed by atoms with Crippen LogP contribution in [-0.2, 0) is 13.1 Å². The van der Waals surface area contributed by atoms with Gasteiger partial charge in [0.2, 0.25) is 0 Å². The molecule has 0 heterocycles. The highest BCUT2D eigenvalue weighted by Gasteiger charge is 2.12. The van der Waals surface area contributed by atoms with Crippen molar-refractivity contribution >= 4 is 0 Å². The molecule has 0 saturated heterocycles. The summed E-state index contributed by atoms with van der Waals surface area (Å²) in [5.41, 5.74) is 2.63. The van der Waals surface area contributed by atoms with Crippen molar-refractivity contribution in [3.8, 4) is 23.3 Å². The predicted molar refractivity (Wildman–Crippen MR) is 87.8 cm³/mol. The SMILES string of the molecule is COc1cc(OC)c(CNCc2cccc(C#N)c2)c(OC)c1. The second kappa shape index (κ2) is 8.06. The number of nitrogens with one attached hydrogen (secondary N) is 1. The van der Waals surface area contributed by atoms with Crippen LogP contribution in [0.25, 0.3) is 0 Å². The van der Waals surface area contributed by atoms with Crippen molar-refractivity contribution in [3.63, 3.8) is 0 Å². The van der Waals surface area contributed by atoms with Gasteiger partial charge in [-0.2, -0.15) is 5.26 Å². The highest BCUT2D eigenvalue weighted by Crippen LogP contribution is 2.33. The lowest BCUT2D eigenvalue weighted by Gasteiger charge is -2.15. The number of hydrogen-bond acceptors (Lipinski definition) is 5. The van der Waals surface area contributed by atoms with Crippen LogP contribution >= 0.6 is 0 Å². The standard InChI is InChI=1S/C18H20N2O3/c1-21-15-8-17(22-2)16(18(9-15)23-3)12-20-11-14-6-4-5-13(7-14)10-19/h4-9,20H,11-12H2,1-3H3. The molecule has 2 aromatic carbocycles. The average molecular weight is 312 g/mol. The summed E-state index contributed by atoms with van der Waals surface area (Å²) in [6, 6.07) is 13.3. The topological polar surface area (TPSA) is 63.5 Å². The molecule has 0 spiro atoms. The maximum absolute atomic E-state index is 8.94. The lowest BCUT2D eigenvalue weighted by atomic mass is 10.1. The molecule has 0 aliphatic carbocycles. The Morgan fingerprint density at radius 3 is 2.22 bits per heavy atom. The van der Waals surface area contributed by atoms with Gasteiger partial charge in [-0.1, -0.05) is 12.1 Å². The summed E-state index contributed by atoms with van der Waals surface area (Å²) in [4.78, 5) is 0. The molecular formula is C18H20N2O3. The van der Waals surface area contributed by atoms with E-state index in [1.54, 1.807) is 27.4 Å². The Hall–Kier alpha value is -2.71. The maximum atomic E-state index is 8.94. The molecule has 2 rings (SSSR count). The highest BCUT2D eigenvalue weighted by molar-refractivity contribution is 5.50. The zero-order chi connectivity index (χ0) is 16.7. The van der Waals surface area contributed by atoms with Crippen molar-refractivity contribution in [2.45, 2.75) is 13.1 Å². The summed E-state index contributed by atoms with van der Waals surface area (Å²) in [5, 5.41) is 12.3. The summed E-state index contributed by atoms with van der Waals surface area (Å²) < 4.78 is 16.1. The van der Waals surface area contributed by atoms with Gasteiger partial charge in [-0.3, -0.25) is 0 Å². The molecule has 0 unspecified atom stereocenters. The van der Waals surface area contributed by atoms with E-state index in [2.05, 4.69) is 11.4 Å². The number of nitrogens with zero attached hydrogens (tertiary/aromatic N) is 1. The third-order valence-corrected chi connectivity index (χ3v) is 3.50. The van der Waals surface area contributed by atoms with Gasteiger partial charge in [0, 0.05) is 25.2 Å². The Bertz CT molecular complexity index is 683. The first-order chi connectivity index (χ1) is 11.2. The summed E-state index contributed by atoms with van der Waals surface area (Å²) in [6.45, 7) is 1.22. The fraction of sp³-hybridized carbons (Fsp3) is 0.278. The molecule has 1 N–H and O–H groups in total. The van der Waals surface area contributed by atoms with Crippen LogP contribution in [0, 0.1) is 11.3 Å². The molecular weight excluding hydrogens is 292 g/mol. The highest BCUT2D eigenvalue weighted by atomic mass is 16.5. The Kier molecular flexibility index (Phi) is 5.84. The first-order valence-corrected chi connectivity index (χ1v) is 7.20. The van der Waals surface area contributed by atoms with E-state index in [0.717, 1.165) is 11.1 Å². The first-order valence-electron chi connectivity index (χ1n) is 7.20. The largest absolute Gasteiger partial charge is 0.496 e. The molecule has 0 saturated carbocycles. The van der Waals surface area contributed by atoms with Crippen LogP contribution in [0.4, 0.5) is 0 Å². The smallest absolute Gasteiger partial charge is 0.130 e. The zero-order valence-electron chi connectivity index (χ0n) is 13.6. The molecule has 0 atom stereocenters. The van der Waals surface area contributed by atoms with Gasteiger partial charge in [0.25, 0.3) is 0 Å². The van der Waals surface area contributed by atoms with E-state index in [4.69, 9.17) is 19.5 Å². The molecule has 0 radical (unpaired) electrons. The van der Waals surface area contributed by atoms with Crippen LogP contribution in [-0.4, -0.2) is 21.3 Å². The second-order valence-electron chi connectivity index (χ2n) is 4.93. The zero-order valence-corrected chi connectivity index (χ0v) is 13.6. The van der Waals surface area contributed by atoms with Crippen LogP contribution < -0.4 is 19.5 Å². The van der Waals surface area contributed by atoms with Gasteiger partial charge in [0.15, 0.2) is 0 Å². The quantitative estimate of drug-likeness (QED) is 0.851. The molecule has 0 amide bonds. The number of rotatable bonds is 7. The summed E-state index contributed by atoms with van der Waals surface area (Å²) in [7, 11) is 4.84. The fourth-order valence-corrected chi connectivity index (χ4v) is 2.33. The Balaban J connectivity index is 2.12. The average Bonchev–Trinajstić information content (AvgIpc) is 2.61. The number of benzene rings is 2. The second-order valence-corrected chi connectivity index (χ2v) is 4.93. The fourth-order valence-electron chi connectivity index (χ4n) is 2.33. The molecule has 5 heteroatoms. The van der Waals surface area contributed by atoms with Gasteiger partial charge >= 0.3 is 0 Å². The van der Waals surface area contributed by atoms with Crippen molar-refractivity contribution in [3.05, 3.63) is 53.1 Å². The third-order valence-electron chi connectivity index (χ3n) is 3.50. The van der Waals surface area contributed by atoms with Crippen LogP contribution in [0.2, 0.25) is 0 Å². The van der Waals surface area contributed by atoms with Crippen molar-refractivity contribution in [2.24, 2.45) is 0 Å². The molecule has 0 fully saturated rings. The number of methoxy groups -OCH3 is 3. The lowest BCUT2D eigenvalue weighted by Crippen LogP contribution is -2.14. The van der Waals surface area contributed by atoms with Crippen LogP contribution in [0.15, 0.2) is 36.4 Å². The van der Waals surface area contributed by atoms with E-state index in [1.807, 2.05) is 30.3 Å². The van der Waals surface area contributed by atoms with Crippen LogP contribution in [0.3, 0.4) is 0 Å². The molecule has 2 aromatic rings. The number of nitriles is 1. The number of hydrogen-bond donors (Lipinski definition) is 1. The van der Waals surface area contributed by atoms with E-state index in [0.29, 0.717) is 35.9 Å². The Morgan fingerprint density at radius 2 is 1.65 bits per heavy atom. The minimum atomic E-state index is 0.577. The normalized spacial score (nSPS) is 10.0. The van der Waals surface area contributed by atoms with E-state index >= 15 is 0 Å². The minimum absolute atomic E-state index is 0.577. The van der Waals surface area contributed by atoms with E-state index < -0.39 is 0 Å². The van der Waals surface area contributed by atoms with Crippen molar-refractivity contribution in [1.82, 2.24) is 5.32 Å². The molecule has 23 heavy (non-hydrogen) atoms. The van der Waals surface area contributed by atoms with Gasteiger partial charge in [0.05, 0.1) is 38.5 Å². The van der Waals surface area contributed by atoms with Gasteiger partial charge in [-0.15, -0.1) is 0 Å². The number of ether oxygens (including phenoxy) is 3. The van der Waals surface area contributed by atoms with Crippen LogP contribution in [0.5, 0.6) is 17.2 Å². The van der Waals surface area contributed by atoms with Gasteiger partial charge in [-0.25, -0.2) is 0 Å². The van der Waals surface area contributed by atoms with Crippen LogP contribution in [0.1, 0.15) is 16.7 Å². The van der Waals surface area contributed by atoms with E-state index in [9.17, 15) is 0 Å². The maximum Gasteiger partial charge on any atom is 0.130 e. The summed E-state index contributed by atoms with van der Waals surface area (Å²) in [5.74, 6) is 2.10. The van der Waals surface area contributed by atoms with Gasteiger partial charge in [-0.05, 0) is 17.7 Å². The summed E-state index contributed by atoms with van der Waals surface area (Å²) in [6.07, 6.45) is 0. The molecule has 120 valence electrons. The third kappa shape index (κ3) is 4.15. The minimum Gasteiger partial charge on any atom is -0.496 e. The van der Waals surface area contributed by atoms with E-state index in [-0.39, 0.29) is 0 Å². The molecule has 0 bridgehead atoms. The van der Waals surface area contributed by atoms with Gasteiger partial charge in [0.1, 0.15) is 17.2 Å². The molecule has 0 aliphatic heterocycles. The van der Waals surface area contributed by atoms with E-state index in [1.165, 1.54) is 0 Å². The molecule has 5 nitrogen and oxygen atoms in total. The predicted octanol–water partition coefficient (Wildman–Crippen LogP) is 2.87. The Morgan fingerprint density at radius 1 is 0.957 bits per heavy atom. The van der Waals surface area contributed by atoms with Crippen molar-refractivity contribution < 1.29 is 14.2 Å². The van der Waals surface area contributed by atoms with Gasteiger partial charge < -0.3 is 19.5 Å². The summed E-state index contributed by atoms with van der Waals surface area (Å²) >= 11 is 0. The van der Waals surface area contributed by atoms with Crippen molar-refractivity contribution in [1.29, 1.82) is 5.26 Å². The monoisotopic (exact) mass is 312 g/mol. The first kappa shape index (κ1) is 16.7. The lowest BCUT2D eigenvalue weighted by molar-refractivity contribution is 0.366.